The second-order valence-corrected chi connectivity index (χ2v) is 7.83. The van der Waals surface area contributed by atoms with Crippen LogP contribution >= 0.6 is 12.2 Å². The first kappa shape index (κ1) is 20.4. The molecule has 1 saturated heterocycles. The molecule has 1 fully saturated rings. The van der Waals surface area contributed by atoms with Crippen LogP contribution in [0.15, 0.2) is 54.9 Å². The monoisotopic (exact) mass is 424 g/mol. The van der Waals surface area contributed by atoms with Crippen LogP contribution in [0.25, 0.3) is 17.1 Å². The van der Waals surface area contributed by atoms with Crippen LogP contribution in [-0.2, 0) is 16.2 Å². The highest BCUT2D eigenvalue weighted by atomic mass is 32.1. The Hall–Kier alpha value is -2.84. The molecule has 8 heteroatoms. The summed E-state index contributed by atoms with van der Waals surface area (Å²) in [7, 11) is 0. The average molecular weight is 425 g/mol. The summed E-state index contributed by atoms with van der Waals surface area (Å²) >= 11 is 5.83. The number of piperidine rings is 1. The van der Waals surface area contributed by atoms with Gasteiger partial charge in [0, 0.05) is 23.6 Å². The van der Waals surface area contributed by atoms with Gasteiger partial charge in [-0.3, -0.25) is 14.3 Å². The van der Waals surface area contributed by atoms with Crippen molar-refractivity contribution in [2.24, 2.45) is 5.92 Å². The zero-order valence-corrected chi connectivity index (χ0v) is 17.8. The van der Waals surface area contributed by atoms with Crippen molar-refractivity contribution in [1.82, 2.24) is 19.3 Å². The summed E-state index contributed by atoms with van der Waals surface area (Å²) in [6.45, 7) is 4.62. The lowest BCUT2D eigenvalue weighted by Gasteiger charge is -2.28. The van der Waals surface area contributed by atoms with Gasteiger partial charge in [-0.25, -0.2) is 0 Å². The number of hydrogen-bond acceptors (Lipinski definition) is 5. The number of quaternary nitrogens is 1. The Morgan fingerprint density at radius 2 is 2.00 bits per heavy atom. The fourth-order valence-electron chi connectivity index (χ4n) is 3.98. The number of carbonyl (C=O) groups is 1. The number of likely N-dealkylation sites (tertiary alicyclic amines) is 1. The van der Waals surface area contributed by atoms with Crippen molar-refractivity contribution in [2.75, 3.05) is 19.7 Å². The fraction of sp³-hybridized carbons (Fsp3) is 0.364. The van der Waals surface area contributed by atoms with Crippen molar-refractivity contribution in [2.45, 2.75) is 26.4 Å². The van der Waals surface area contributed by atoms with Crippen molar-refractivity contribution in [1.29, 1.82) is 0 Å². The first-order valence-corrected chi connectivity index (χ1v) is 10.7. The molecule has 1 unspecified atom stereocenters. The second-order valence-electron chi connectivity index (χ2n) is 7.47. The van der Waals surface area contributed by atoms with Gasteiger partial charge in [0.15, 0.2) is 12.5 Å². The van der Waals surface area contributed by atoms with Crippen LogP contribution in [0.5, 0.6) is 0 Å². The largest absolute Gasteiger partial charge is 0.466 e. The van der Waals surface area contributed by atoms with E-state index < -0.39 is 0 Å². The third-order valence-corrected chi connectivity index (χ3v) is 5.80. The van der Waals surface area contributed by atoms with E-state index >= 15 is 0 Å². The van der Waals surface area contributed by atoms with Crippen LogP contribution in [0.4, 0.5) is 0 Å². The molecule has 0 aliphatic carbocycles. The molecule has 7 nitrogen and oxygen atoms in total. The molecule has 0 amide bonds. The first-order chi connectivity index (χ1) is 14.7. The molecule has 1 aliphatic heterocycles. The summed E-state index contributed by atoms with van der Waals surface area (Å²) in [5, 5.41) is 4.87. The molecule has 3 heterocycles. The highest BCUT2D eigenvalue weighted by molar-refractivity contribution is 7.71. The van der Waals surface area contributed by atoms with Crippen LogP contribution in [0.2, 0.25) is 0 Å². The number of benzene rings is 1. The number of ether oxygens (including phenoxy) is 1. The van der Waals surface area contributed by atoms with Gasteiger partial charge < -0.3 is 9.64 Å². The third kappa shape index (κ3) is 4.34. The molecule has 0 bridgehead atoms. The Bertz CT molecular complexity index is 1050. The SMILES string of the molecule is CCOC(=O)[C@H]1CCC[NH+](Cn2nc(-c3ccncc3)n(-c3ccccc3)c2=S)C1. The van der Waals surface area contributed by atoms with Crippen molar-refractivity contribution < 1.29 is 14.4 Å². The molecule has 0 saturated carbocycles. The first-order valence-electron chi connectivity index (χ1n) is 10.3. The summed E-state index contributed by atoms with van der Waals surface area (Å²) in [6, 6.07) is 13.9. The lowest BCUT2D eigenvalue weighted by molar-refractivity contribution is -0.930. The third-order valence-electron chi connectivity index (χ3n) is 5.40. The molecule has 1 N–H and O–H groups in total. The van der Waals surface area contributed by atoms with Crippen LogP contribution in [-0.4, -0.2) is 45.0 Å². The highest BCUT2D eigenvalue weighted by Gasteiger charge is 2.30. The number of carbonyl (C=O) groups excluding carboxylic acids is 1. The standard InChI is InChI=1S/C22H25N5O2S/c1-2-29-21(28)18-7-6-14-25(15-18)16-26-22(30)27(19-8-4-3-5-9-19)20(24-26)17-10-12-23-13-11-17/h3-5,8-13,18H,2,6-7,14-16H2,1H3/p+1/t18-/m0/s1. The number of pyridine rings is 1. The minimum absolute atomic E-state index is 0.0567. The van der Waals surface area contributed by atoms with E-state index in [9.17, 15) is 4.79 Å². The van der Waals surface area contributed by atoms with Gasteiger partial charge in [-0.05, 0) is 56.2 Å². The Balaban J connectivity index is 1.65. The van der Waals surface area contributed by atoms with E-state index in [0.29, 0.717) is 18.0 Å². The summed E-state index contributed by atoms with van der Waals surface area (Å²) < 4.78 is 9.75. The summed E-state index contributed by atoms with van der Waals surface area (Å²) in [5.41, 5.74) is 1.93. The number of hydrogen-bond donors (Lipinski definition) is 1. The molecular formula is C22H26N5O2S+. The predicted octanol–water partition coefficient (Wildman–Crippen LogP) is 2.28. The average Bonchev–Trinajstić information content (AvgIpc) is 3.11. The van der Waals surface area contributed by atoms with Crippen molar-refractivity contribution in [3.05, 3.63) is 59.6 Å². The molecule has 1 aliphatic rings. The van der Waals surface area contributed by atoms with E-state index in [1.54, 1.807) is 12.4 Å². The van der Waals surface area contributed by atoms with Crippen LogP contribution in [0, 0.1) is 10.7 Å². The number of rotatable bonds is 6. The Labute approximate surface area is 180 Å². The normalized spacial score (nSPS) is 18.8. The van der Waals surface area contributed by atoms with Crippen LogP contribution in [0.1, 0.15) is 19.8 Å². The van der Waals surface area contributed by atoms with E-state index in [1.807, 2.05) is 58.6 Å². The Kier molecular flexibility index (Phi) is 6.35. The summed E-state index contributed by atoms with van der Waals surface area (Å²) in [6.07, 6.45) is 5.39. The van der Waals surface area contributed by atoms with Crippen LogP contribution in [0.3, 0.4) is 0 Å². The van der Waals surface area contributed by atoms with Gasteiger partial charge in [0.05, 0.1) is 19.7 Å². The lowest BCUT2D eigenvalue weighted by Crippen LogP contribution is -3.13. The predicted molar refractivity (Wildman–Crippen MR) is 116 cm³/mol. The van der Waals surface area contributed by atoms with Crippen LogP contribution < -0.4 is 4.90 Å². The number of esters is 1. The van der Waals surface area contributed by atoms with E-state index in [0.717, 1.165) is 43.0 Å². The number of para-hydroxylation sites is 1. The summed E-state index contributed by atoms with van der Waals surface area (Å²) in [5.74, 6) is 0.635. The fourth-order valence-corrected chi connectivity index (χ4v) is 4.27. The smallest absolute Gasteiger partial charge is 0.314 e. The molecule has 2 atom stereocenters. The van der Waals surface area contributed by atoms with E-state index in [-0.39, 0.29) is 11.9 Å². The van der Waals surface area contributed by atoms with E-state index in [4.69, 9.17) is 22.1 Å². The maximum absolute atomic E-state index is 12.2. The molecular weight excluding hydrogens is 398 g/mol. The molecule has 0 radical (unpaired) electrons. The topological polar surface area (TPSA) is 66.4 Å². The lowest BCUT2D eigenvalue weighted by atomic mass is 9.99. The zero-order valence-electron chi connectivity index (χ0n) is 17.0. The van der Waals surface area contributed by atoms with Crippen molar-refractivity contribution >= 4 is 18.2 Å². The van der Waals surface area contributed by atoms with E-state index in [1.165, 1.54) is 4.90 Å². The van der Waals surface area contributed by atoms with Gasteiger partial charge in [-0.15, -0.1) is 5.10 Å². The van der Waals surface area contributed by atoms with Crippen molar-refractivity contribution in [3.8, 4) is 17.1 Å². The van der Waals surface area contributed by atoms with Gasteiger partial charge in [-0.1, -0.05) is 18.2 Å². The Morgan fingerprint density at radius 3 is 2.73 bits per heavy atom. The second kappa shape index (κ2) is 9.32. The molecule has 30 heavy (non-hydrogen) atoms. The van der Waals surface area contributed by atoms with E-state index in [2.05, 4.69) is 4.98 Å². The number of aromatic nitrogens is 4. The number of nitrogens with zero attached hydrogens (tertiary/aromatic N) is 4. The minimum atomic E-state index is -0.0920. The van der Waals surface area contributed by atoms with Gasteiger partial charge in [-0.2, -0.15) is 4.68 Å². The molecule has 1 aromatic carbocycles. The molecule has 2 aromatic heterocycles. The molecule has 3 aromatic rings. The minimum Gasteiger partial charge on any atom is -0.466 e. The highest BCUT2D eigenvalue weighted by Crippen LogP contribution is 2.22. The Morgan fingerprint density at radius 1 is 1.23 bits per heavy atom. The molecule has 4 rings (SSSR count). The maximum atomic E-state index is 12.2. The summed E-state index contributed by atoms with van der Waals surface area (Å²) in [4.78, 5) is 17.6. The van der Waals surface area contributed by atoms with Gasteiger partial charge in [0.1, 0.15) is 5.92 Å². The van der Waals surface area contributed by atoms with Gasteiger partial charge >= 0.3 is 5.97 Å². The molecule has 156 valence electrons. The quantitative estimate of drug-likeness (QED) is 0.486. The van der Waals surface area contributed by atoms with Gasteiger partial charge in [0.25, 0.3) is 0 Å². The zero-order chi connectivity index (χ0) is 20.9. The maximum Gasteiger partial charge on any atom is 0.314 e. The van der Waals surface area contributed by atoms with Crippen molar-refractivity contribution in [3.63, 3.8) is 0 Å². The van der Waals surface area contributed by atoms with Gasteiger partial charge in [0.2, 0.25) is 4.77 Å². The number of nitrogens with one attached hydrogen (secondary N) is 1. The molecule has 0 spiro atoms.